The maximum Gasteiger partial charge on any atom is 0.374 e. The highest BCUT2D eigenvalue weighted by Crippen LogP contribution is 2.34. The van der Waals surface area contributed by atoms with E-state index in [0.717, 1.165) is 5.56 Å². The molecule has 0 spiro atoms. The van der Waals surface area contributed by atoms with E-state index in [2.05, 4.69) is 5.16 Å². The molecule has 0 bridgehead atoms. The first-order valence-electron chi connectivity index (χ1n) is 5.07. The second-order valence-corrected chi connectivity index (χ2v) is 4.07. The van der Waals surface area contributed by atoms with Crippen molar-refractivity contribution in [1.82, 2.24) is 5.16 Å². The van der Waals surface area contributed by atoms with Crippen LogP contribution in [-0.2, 0) is 0 Å². The molecule has 0 radical (unpaired) electrons. The number of carbonyl (C=O) groups is 1. The lowest BCUT2D eigenvalue weighted by molar-refractivity contribution is 0.0652. The molecular weight excluding hydrogens is 258 g/mol. The summed E-state index contributed by atoms with van der Waals surface area (Å²) in [6, 6.07) is 4.78. The highest BCUT2D eigenvalue weighted by molar-refractivity contribution is 6.34. The zero-order valence-electron chi connectivity index (χ0n) is 9.73. The number of halogens is 1. The summed E-state index contributed by atoms with van der Waals surface area (Å²) in [6.07, 6.45) is 0. The van der Waals surface area contributed by atoms with Gasteiger partial charge < -0.3 is 14.4 Å². The largest absolute Gasteiger partial charge is 0.497 e. The Kier molecular flexibility index (Phi) is 3.25. The first kappa shape index (κ1) is 12.4. The number of hydrogen-bond donors (Lipinski definition) is 1. The Bertz CT molecular complexity index is 606. The lowest BCUT2D eigenvalue weighted by Crippen LogP contribution is -1.92. The number of ether oxygens (including phenoxy) is 1. The van der Waals surface area contributed by atoms with Crippen LogP contribution in [0.3, 0.4) is 0 Å². The fourth-order valence-electron chi connectivity index (χ4n) is 1.54. The van der Waals surface area contributed by atoms with Gasteiger partial charge in [-0.3, -0.25) is 0 Å². The van der Waals surface area contributed by atoms with Crippen LogP contribution in [0.25, 0.3) is 11.3 Å². The highest BCUT2D eigenvalue weighted by Gasteiger charge is 2.16. The van der Waals surface area contributed by atoms with Crippen LogP contribution in [0, 0.1) is 6.92 Å². The van der Waals surface area contributed by atoms with Crippen molar-refractivity contribution in [3.63, 3.8) is 0 Å². The molecular formula is C12H10ClNO4. The summed E-state index contributed by atoms with van der Waals surface area (Å²) in [5.74, 6) is -0.794. The molecule has 0 aliphatic heterocycles. The van der Waals surface area contributed by atoms with Crippen molar-refractivity contribution in [2.24, 2.45) is 0 Å². The first-order chi connectivity index (χ1) is 8.52. The van der Waals surface area contributed by atoms with Gasteiger partial charge in [-0.15, -0.1) is 0 Å². The van der Waals surface area contributed by atoms with Crippen LogP contribution in [0.4, 0.5) is 0 Å². The van der Waals surface area contributed by atoms with Crippen molar-refractivity contribution < 1.29 is 19.2 Å². The Morgan fingerprint density at radius 3 is 2.72 bits per heavy atom. The third kappa shape index (κ3) is 2.17. The van der Waals surface area contributed by atoms with Gasteiger partial charge in [0.1, 0.15) is 11.4 Å². The van der Waals surface area contributed by atoms with Crippen molar-refractivity contribution in [2.45, 2.75) is 6.92 Å². The normalized spacial score (nSPS) is 10.4. The van der Waals surface area contributed by atoms with Crippen LogP contribution in [0.2, 0.25) is 5.02 Å². The van der Waals surface area contributed by atoms with Crippen LogP contribution in [-0.4, -0.2) is 23.3 Å². The van der Waals surface area contributed by atoms with Gasteiger partial charge in [-0.25, -0.2) is 4.79 Å². The zero-order chi connectivity index (χ0) is 13.3. The molecule has 1 heterocycles. The number of carboxylic acids is 1. The van der Waals surface area contributed by atoms with Gasteiger partial charge in [0, 0.05) is 11.6 Å². The van der Waals surface area contributed by atoms with Gasteiger partial charge in [0.2, 0.25) is 5.76 Å². The first-order valence-corrected chi connectivity index (χ1v) is 5.45. The Hall–Kier alpha value is -2.01. The van der Waals surface area contributed by atoms with Crippen molar-refractivity contribution >= 4 is 17.6 Å². The molecule has 94 valence electrons. The highest BCUT2D eigenvalue weighted by atomic mass is 35.5. The fraction of sp³-hybridized carbons (Fsp3) is 0.167. The predicted molar refractivity (Wildman–Crippen MR) is 65.2 cm³/mol. The molecule has 0 saturated heterocycles. The molecule has 0 aliphatic carbocycles. The smallest absolute Gasteiger partial charge is 0.374 e. The standard InChI is InChI=1S/C12H10ClNO4/c1-6-3-7(17-2)4-8(11(6)13)9-5-10(12(15)16)18-14-9/h3-5H,1-2H3,(H,15,16). The number of hydrogen-bond acceptors (Lipinski definition) is 4. The van der Waals surface area contributed by atoms with Gasteiger partial charge in [0.25, 0.3) is 0 Å². The van der Waals surface area contributed by atoms with Crippen LogP contribution >= 0.6 is 11.6 Å². The number of methoxy groups -OCH3 is 1. The third-order valence-corrected chi connectivity index (χ3v) is 2.96. The summed E-state index contributed by atoms with van der Waals surface area (Å²) in [5, 5.41) is 13.0. The summed E-state index contributed by atoms with van der Waals surface area (Å²) >= 11 is 6.16. The number of rotatable bonds is 3. The lowest BCUT2D eigenvalue weighted by atomic mass is 10.1. The van der Waals surface area contributed by atoms with Gasteiger partial charge in [0.05, 0.1) is 12.1 Å². The molecule has 0 amide bonds. The van der Waals surface area contributed by atoms with Crippen molar-refractivity contribution in [2.75, 3.05) is 7.11 Å². The van der Waals surface area contributed by atoms with Gasteiger partial charge in [-0.05, 0) is 24.6 Å². The van der Waals surface area contributed by atoms with E-state index in [1.807, 2.05) is 6.92 Å². The van der Waals surface area contributed by atoms with Crippen LogP contribution in [0.5, 0.6) is 5.75 Å². The molecule has 1 aromatic carbocycles. The third-order valence-electron chi connectivity index (χ3n) is 2.46. The quantitative estimate of drug-likeness (QED) is 0.925. The molecule has 0 saturated carbocycles. The van der Waals surface area contributed by atoms with E-state index in [4.69, 9.17) is 26.0 Å². The lowest BCUT2D eigenvalue weighted by Gasteiger charge is -2.07. The molecule has 0 fully saturated rings. The molecule has 18 heavy (non-hydrogen) atoms. The van der Waals surface area contributed by atoms with E-state index >= 15 is 0 Å². The van der Waals surface area contributed by atoms with Gasteiger partial charge >= 0.3 is 5.97 Å². The number of aromatic nitrogens is 1. The van der Waals surface area contributed by atoms with Crippen LogP contribution in [0.1, 0.15) is 16.1 Å². The maximum atomic E-state index is 10.7. The van der Waals surface area contributed by atoms with E-state index < -0.39 is 5.97 Å². The summed E-state index contributed by atoms with van der Waals surface area (Å²) in [5.41, 5.74) is 1.75. The molecule has 0 aliphatic rings. The fourth-order valence-corrected chi connectivity index (χ4v) is 1.75. The zero-order valence-corrected chi connectivity index (χ0v) is 10.5. The Labute approximate surface area is 108 Å². The molecule has 2 rings (SSSR count). The van der Waals surface area contributed by atoms with E-state index in [9.17, 15) is 4.79 Å². The Balaban J connectivity index is 2.55. The summed E-state index contributed by atoms with van der Waals surface area (Å²) in [7, 11) is 1.54. The van der Waals surface area contributed by atoms with E-state index in [-0.39, 0.29) is 5.76 Å². The summed E-state index contributed by atoms with van der Waals surface area (Å²) < 4.78 is 9.83. The number of aryl methyl sites for hydroxylation is 1. The SMILES string of the molecule is COc1cc(C)c(Cl)c(-c2cc(C(=O)O)on2)c1. The van der Waals surface area contributed by atoms with Gasteiger partial charge in [0.15, 0.2) is 0 Å². The molecule has 5 nitrogen and oxygen atoms in total. The maximum absolute atomic E-state index is 10.7. The molecule has 1 N–H and O–H groups in total. The van der Waals surface area contributed by atoms with E-state index in [0.29, 0.717) is 22.0 Å². The van der Waals surface area contributed by atoms with E-state index in [1.165, 1.54) is 13.2 Å². The summed E-state index contributed by atoms with van der Waals surface area (Å²) in [6.45, 7) is 1.83. The van der Waals surface area contributed by atoms with Crippen molar-refractivity contribution in [3.05, 3.63) is 34.5 Å². The molecule has 2 aromatic rings. The minimum atomic E-state index is -1.18. The van der Waals surface area contributed by atoms with Crippen LogP contribution in [0.15, 0.2) is 22.7 Å². The topological polar surface area (TPSA) is 72.6 Å². The molecule has 0 atom stereocenters. The average Bonchev–Trinajstić information content (AvgIpc) is 2.82. The van der Waals surface area contributed by atoms with Crippen molar-refractivity contribution in [3.8, 4) is 17.0 Å². The van der Waals surface area contributed by atoms with Crippen LogP contribution < -0.4 is 4.74 Å². The monoisotopic (exact) mass is 267 g/mol. The van der Waals surface area contributed by atoms with Gasteiger partial charge in [-0.1, -0.05) is 16.8 Å². The Morgan fingerprint density at radius 2 is 2.17 bits per heavy atom. The van der Waals surface area contributed by atoms with Crippen molar-refractivity contribution in [1.29, 1.82) is 0 Å². The molecule has 6 heteroatoms. The summed E-state index contributed by atoms with van der Waals surface area (Å²) in [4.78, 5) is 10.7. The number of benzene rings is 1. The molecule has 0 unspecified atom stereocenters. The minimum absolute atomic E-state index is 0.235. The second-order valence-electron chi connectivity index (χ2n) is 3.69. The van der Waals surface area contributed by atoms with Gasteiger partial charge in [-0.2, -0.15) is 0 Å². The minimum Gasteiger partial charge on any atom is -0.497 e. The number of nitrogens with zero attached hydrogens (tertiary/aromatic N) is 1. The second kappa shape index (κ2) is 4.70. The number of aromatic carboxylic acids is 1. The average molecular weight is 268 g/mol. The Morgan fingerprint density at radius 1 is 1.44 bits per heavy atom. The molecule has 1 aromatic heterocycles. The predicted octanol–water partition coefficient (Wildman–Crippen LogP) is 3.01. The van der Waals surface area contributed by atoms with E-state index in [1.54, 1.807) is 12.1 Å². The number of carboxylic acid groups (broad SMARTS) is 1.